The number of nitrogens with zero attached hydrogens (tertiary/aromatic N) is 1. The van der Waals surface area contributed by atoms with Gasteiger partial charge in [0.05, 0.1) is 37.4 Å². The minimum Gasteiger partial charge on any atom is -0.494 e. The van der Waals surface area contributed by atoms with Crippen molar-refractivity contribution < 1.29 is 22.4 Å². The molecule has 7 nitrogen and oxygen atoms in total. The topological polar surface area (TPSA) is 88.9 Å². The Morgan fingerprint density at radius 2 is 1.97 bits per heavy atom. The summed E-state index contributed by atoms with van der Waals surface area (Å²) >= 11 is 1.52. The lowest BCUT2D eigenvalue weighted by atomic mass is 10.3. The van der Waals surface area contributed by atoms with E-state index in [0.29, 0.717) is 24.7 Å². The zero-order chi connectivity index (χ0) is 20.7. The van der Waals surface area contributed by atoms with Crippen LogP contribution in [0.15, 0.2) is 69.5 Å². The summed E-state index contributed by atoms with van der Waals surface area (Å²) in [5.74, 6) is 0.641. The Bertz CT molecular complexity index is 998. The lowest BCUT2D eigenvalue weighted by Gasteiger charge is -2.21. The summed E-state index contributed by atoms with van der Waals surface area (Å²) < 4.78 is 38.1. The van der Waals surface area contributed by atoms with Crippen LogP contribution in [0, 0.1) is 0 Å². The summed E-state index contributed by atoms with van der Waals surface area (Å²) in [7, 11) is -3.92. The highest BCUT2D eigenvalue weighted by Gasteiger charge is 2.27. The Balaban J connectivity index is 1.76. The van der Waals surface area contributed by atoms with Crippen molar-refractivity contribution in [1.82, 2.24) is 9.62 Å². The lowest BCUT2D eigenvalue weighted by Crippen LogP contribution is -2.40. The number of hydrogen-bond donors (Lipinski definition) is 1. The van der Waals surface area contributed by atoms with Crippen molar-refractivity contribution >= 4 is 27.3 Å². The molecule has 1 N–H and O–H groups in total. The number of thiophene rings is 1. The van der Waals surface area contributed by atoms with E-state index in [4.69, 9.17) is 9.15 Å². The van der Waals surface area contributed by atoms with Gasteiger partial charge in [0.1, 0.15) is 11.5 Å². The molecule has 0 saturated carbocycles. The predicted octanol–water partition coefficient (Wildman–Crippen LogP) is 3.25. The molecule has 3 aromatic rings. The number of hydrogen-bond acceptors (Lipinski definition) is 6. The highest BCUT2D eigenvalue weighted by Crippen LogP contribution is 2.21. The number of nitrogens with one attached hydrogen (secondary N) is 1. The van der Waals surface area contributed by atoms with Gasteiger partial charge in [-0.2, -0.15) is 4.31 Å². The third-order valence-electron chi connectivity index (χ3n) is 4.04. The summed E-state index contributed by atoms with van der Waals surface area (Å²) in [6.45, 7) is 2.33. The molecule has 3 rings (SSSR count). The number of carbonyl (C=O) groups excluding carboxylic acids is 1. The Kier molecular flexibility index (Phi) is 7.08. The third-order valence-corrected chi connectivity index (χ3v) is 6.73. The summed E-state index contributed by atoms with van der Waals surface area (Å²) in [6.07, 6.45) is 1.47. The molecule has 0 bridgehead atoms. The van der Waals surface area contributed by atoms with Crippen LogP contribution in [0.5, 0.6) is 5.75 Å². The van der Waals surface area contributed by atoms with E-state index in [1.807, 2.05) is 24.4 Å². The van der Waals surface area contributed by atoms with Gasteiger partial charge in [-0.05, 0) is 54.8 Å². The van der Waals surface area contributed by atoms with Crippen LogP contribution in [0.4, 0.5) is 0 Å². The smallest absolute Gasteiger partial charge is 0.243 e. The fraction of sp³-hybridized carbons (Fsp3) is 0.250. The molecule has 0 radical (unpaired) electrons. The maximum absolute atomic E-state index is 13.2. The van der Waals surface area contributed by atoms with E-state index >= 15 is 0 Å². The first-order valence-electron chi connectivity index (χ1n) is 9.03. The Hall–Kier alpha value is -2.62. The van der Waals surface area contributed by atoms with E-state index in [-0.39, 0.29) is 23.9 Å². The normalized spacial score (nSPS) is 11.5. The van der Waals surface area contributed by atoms with Crippen LogP contribution in [-0.2, 0) is 27.9 Å². The fourth-order valence-corrected chi connectivity index (χ4v) is 4.65. The number of sulfonamides is 1. The van der Waals surface area contributed by atoms with E-state index in [1.165, 1.54) is 29.7 Å². The summed E-state index contributed by atoms with van der Waals surface area (Å²) in [4.78, 5) is 13.5. The largest absolute Gasteiger partial charge is 0.494 e. The second kappa shape index (κ2) is 9.73. The summed E-state index contributed by atoms with van der Waals surface area (Å²) in [5, 5.41) is 4.68. The van der Waals surface area contributed by atoms with Crippen LogP contribution in [0.25, 0.3) is 0 Å². The van der Waals surface area contributed by atoms with Gasteiger partial charge >= 0.3 is 0 Å². The molecular formula is C20H22N2O5S2. The van der Waals surface area contributed by atoms with Gasteiger partial charge in [-0.3, -0.25) is 4.79 Å². The summed E-state index contributed by atoms with van der Waals surface area (Å²) in [6, 6.07) is 13.3. The first-order chi connectivity index (χ1) is 14.0. The number of amides is 1. The van der Waals surface area contributed by atoms with Crippen molar-refractivity contribution in [3.05, 3.63) is 70.8 Å². The molecule has 9 heteroatoms. The first kappa shape index (κ1) is 21.1. The van der Waals surface area contributed by atoms with Gasteiger partial charge in [0, 0.05) is 4.88 Å². The van der Waals surface area contributed by atoms with E-state index < -0.39 is 10.0 Å². The average Bonchev–Trinajstić information content (AvgIpc) is 3.41. The molecule has 0 saturated heterocycles. The van der Waals surface area contributed by atoms with Crippen LogP contribution in [0.2, 0.25) is 0 Å². The molecule has 0 fully saturated rings. The third kappa shape index (κ3) is 5.69. The Labute approximate surface area is 174 Å². The highest BCUT2D eigenvalue weighted by molar-refractivity contribution is 7.89. The average molecular weight is 435 g/mol. The molecule has 1 amide bonds. The van der Waals surface area contributed by atoms with Crippen molar-refractivity contribution in [1.29, 1.82) is 0 Å². The maximum atomic E-state index is 13.2. The molecule has 2 aromatic heterocycles. The van der Waals surface area contributed by atoms with Crippen molar-refractivity contribution in [2.45, 2.75) is 24.9 Å². The lowest BCUT2D eigenvalue weighted by molar-refractivity contribution is -0.121. The van der Waals surface area contributed by atoms with E-state index in [2.05, 4.69) is 5.32 Å². The Morgan fingerprint density at radius 3 is 2.59 bits per heavy atom. The standard InChI is InChI=1S/C20H22N2O5S2/c1-2-26-16-7-9-19(10-8-16)29(24,25)22(14-17-5-3-11-27-17)15-20(23)21-13-18-6-4-12-28-18/h3-12H,2,13-15H2,1H3,(H,21,23). The molecule has 29 heavy (non-hydrogen) atoms. The number of ether oxygens (including phenoxy) is 1. The SMILES string of the molecule is CCOc1ccc(S(=O)(=O)N(CC(=O)NCc2cccs2)Cc2ccco2)cc1. The van der Waals surface area contributed by atoms with Gasteiger partial charge in [0.15, 0.2) is 0 Å². The monoisotopic (exact) mass is 434 g/mol. The second-order valence-corrected chi connectivity index (χ2v) is 9.08. The van der Waals surface area contributed by atoms with Crippen LogP contribution in [-0.4, -0.2) is 31.8 Å². The van der Waals surface area contributed by atoms with Gasteiger partial charge in [-0.25, -0.2) is 8.42 Å². The zero-order valence-electron chi connectivity index (χ0n) is 15.9. The quantitative estimate of drug-likeness (QED) is 0.529. The van der Waals surface area contributed by atoms with Crippen molar-refractivity contribution in [2.75, 3.05) is 13.2 Å². The first-order valence-corrected chi connectivity index (χ1v) is 11.4. The van der Waals surface area contributed by atoms with Crippen molar-refractivity contribution in [2.24, 2.45) is 0 Å². The predicted molar refractivity (Wildman–Crippen MR) is 110 cm³/mol. The molecule has 0 spiro atoms. The van der Waals surface area contributed by atoms with Gasteiger partial charge in [0.2, 0.25) is 15.9 Å². The molecule has 0 atom stereocenters. The second-order valence-electron chi connectivity index (χ2n) is 6.11. The van der Waals surface area contributed by atoms with Crippen LogP contribution in [0.3, 0.4) is 0 Å². The number of carbonyl (C=O) groups is 1. The highest BCUT2D eigenvalue weighted by atomic mass is 32.2. The minimum absolute atomic E-state index is 0.0467. The van der Waals surface area contributed by atoms with E-state index in [1.54, 1.807) is 24.3 Å². The van der Waals surface area contributed by atoms with Crippen molar-refractivity contribution in [3.63, 3.8) is 0 Å². The van der Waals surface area contributed by atoms with Gasteiger partial charge in [-0.15, -0.1) is 11.3 Å². The van der Waals surface area contributed by atoms with Gasteiger partial charge in [0.25, 0.3) is 0 Å². The molecule has 0 aliphatic carbocycles. The Morgan fingerprint density at radius 1 is 1.17 bits per heavy atom. The molecule has 0 unspecified atom stereocenters. The molecular weight excluding hydrogens is 412 g/mol. The molecule has 2 heterocycles. The minimum atomic E-state index is -3.92. The summed E-state index contributed by atoms with van der Waals surface area (Å²) in [5.41, 5.74) is 0. The number of benzene rings is 1. The van der Waals surface area contributed by atoms with Gasteiger partial charge < -0.3 is 14.5 Å². The fourth-order valence-electron chi connectivity index (χ4n) is 2.64. The van der Waals surface area contributed by atoms with Crippen LogP contribution >= 0.6 is 11.3 Å². The van der Waals surface area contributed by atoms with Crippen LogP contribution < -0.4 is 10.1 Å². The molecule has 0 aliphatic heterocycles. The molecule has 0 aliphatic rings. The zero-order valence-corrected chi connectivity index (χ0v) is 17.5. The van der Waals surface area contributed by atoms with Crippen LogP contribution in [0.1, 0.15) is 17.6 Å². The van der Waals surface area contributed by atoms with E-state index in [9.17, 15) is 13.2 Å². The number of rotatable bonds is 10. The molecule has 154 valence electrons. The maximum Gasteiger partial charge on any atom is 0.243 e. The van der Waals surface area contributed by atoms with Gasteiger partial charge in [-0.1, -0.05) is 6.07 Å². The van der Waals surface area contributed by atoms with E-state index in [0.717, 1.165) is 9.18 Å². The molecule has 1 aromatic carbocycles. The number of furan rings is 1. The van der Waals surface area contributed by atoms with Crippen molar-refractivity contribution in [3.8, 4) is 5.75 Å².